The SMILES string of the molecule is COC(=O)N1CCN([C@H]2C[C@@H](C(=O)Nc3ccc(C(=O)O)cc3)N(C(O)C3CCC(CN)CC3)C2)CC1. The fourth-order valence-corrected chi connectivity index (χ4v) is 5.97. The lowest BCUT2D eigenvalue weighted by atomic mass is 9.81. The average Bonchev–Trinajstić information content (AvgIpc) is 3.38. The molecule has 3 aliphatic rings. The van der Waals surface area contributed by atoms with Crippen molar-refractivity contribution in [3.63, 3.8) is 0 Å². The Morgan fingerprint density at radius 3 is 2.30 bits per heavy atom. The normalized spacial score (nSPS) is 28.0. The summed E-state index contributed by atoms with van der Waals surface area (Å²) in [4.78, 5) is 42.4. The summed E-state index contributed by atoms with van der Waals surface area (Å²) in [5.74, 6) is -0.660. The Bertz CT molecular complexity index is 943. The van der Waals surface area contributed by atoms with Gasteiger partial charge in [-0.15, -0.1) is 0 Å². The maximum atomic E-state index is 13.5. The third-order valence-corrected chi connectivity index (χ3v) is 8.27. The van der Waals surface area contributed by atoms with Gasteiger partial charge in [-0.05, 0) is 74.8 Å². The van der Waals surface area contributed by atoms with E-state index in [4.69, 9.17) is 15.6 Å². The smallest absolute Gasteiger partial charge is 0.409 e. The Balaban J connectivity index is 1.45. The van der Waals surface area contributed by atoms with Gasteiger partial charge < -0.3 is 30.9 Å². The van der Waals surface area contributed by atoms with Crippen LogP contribution in [0.3, 0.4) is 0 Å². The molecule has 3 fully saturated rings. The molecule has 2 saturated heterocycles. The van der Waals surface area contributed by atoms with Gasteiger partial charge in [-0.1, -0.05) is 0 Å². The van der Waals surface area contributed by atoms with Crippen molar-refractivity contribution in [2.45, 2.75) is 50.4 Å². The van der Waals surface area contributed by atoms with Crippen molar-refractivity contribution in [1.82, 2.24) is 14.7 Å². The van der Waals surface area contributed by atoms with E-state index in [0.29, 0.717) is 57.3 Å². The third-order valence-electron chi connectivity index (χ3n) is 8.27. The lowest BCUT2D eigenvalue weighted by molar-refractivity contribution is -0.127. The van der Waals surface area contributed by atoms with Crippen LogP contribution in [0.2, 0.25) is 0 Å². The molecule has 0 aromatic heterocycles. The molecule has 2 heterocycles. The second kappa shape index (κ2) is 12.2. The highest BCUT2D eigenvalue weighted by molar-refractivity contribution is 5.96. The number of methoxy groups -OCH3 is 1. The molecular formula is C26H39N5O6. The van der Waals surface area contributed by atoms with Gasteiger partial charge >= 0.3 is 12.1 Å². The van der Waals surface area contributed by atoms with Crippen molar-refractivity contribution in [3.05, 3.63) is 29.8 Å². The van der Waals surface area contributed by atoms with Gasteiger partial charge in [0.2, 0.25) is 5.91 Å². The first-order valence-corrected chi connectivity index (χ1v) is 13.2. The van der Waals surface area contributed by atoms with Crippen LogP contribution in [0.5, 0.6) is 0 Å². The number of aliphatic hydroxyl groups is 1. The fourth-order valence-electron chi connectivity index (χ4n) is 5.97. The van der Waals surface area contributed by atoms with Gasteiger partial charge in [0.05, 0.1) is 18.7 Å². The summed E-state index contributed by atoms with van der Waals surface area (Å²) in [6.07, 6.45) is 3.23. The Morgan fingerprint density at radius 2 is 1.73 bits per heavy atom. The minimum Gasteiger partial charge on any atom is -0.478 e. The highest BCUT2D eigenvalue weighted by Gasteiger charge is 2.45. The van der Waals surface area contributed by atoms with Crippen LogP contribution in [-0.4, -0.2) is 108 Å². The summed E-state index contributed by atoms with van der Waals surface area (Å²) >= 11 is 0. The second-order valence-corrected chi connectivity index (χ2v) is 10.4. The van der Waals surface area contributed by atoms with Gasteiger partial charge in [-0.3, -0.25) is 14.6 Å². The average molecular weight is 518 g/mol. The molecule has 11 nitrogen and oxygen atoms in total. The number of carbonyl (C=O) groups is 3. The molecule has 2 aliphatic heterocycles. The van der Waals surface area contributed by atoms with Crippen LogP contribution in [0.1, 0.15) is 42.5 Å². The highest BCUT2D eigenvalue weighted by atomic mass is 16.5. The second-order valence-electron chi connectivity index (χ2n) is 10.4. The van der Waals surface area contributed by atoms with Crippen molar-refractivity contribution in [2.24, 2.45) is 17.6 Å². The number of carboxylic acid groups (broad SMARTS) is 1. The zero-order chi connectivity index (χ0) is 26.5. The molecular weight excluding hydrogens is 478 g/mol. The van der Waals surface area contributed by atoms with Crippen LogP contribution in [-0.2, 0) is 9.53 Å². The van der Waals surface area contributed by atoms with Crippen molar-refractivity contribution in [2.75, 3.05) is 51.7 Å². The summed E-state index contributed by atoms with van der Waals surface area (Å²) in [5.41, 5.74) is 6.51. The van der Waals surface area contributed by atoms with E-state index in [2.05, 4.69) is 10.2 Å². The van der Waals surface area contributed by atoms with Crippen LogP contribution in [0.25, 0.3) is 0 Å². The van der Waals surface area contributed by atoms with Crippen molar-refractivity contribution in [3.8, 4) is 0 Å². The minimum absolute atomic E-state index is 0.0694. The molecule has 0 radical (unpaired) electrons. The van der Waals surface area contributed by atoms with E-state index < -0.39 is 18.2 Å². The molecule has 4 rings (SSSR count). The molecule has 1 saturated carbocycles. The number of nitrogens with zero attached hydrogens (tertiary/aromatic N) is 3. The van der Waals surface area contributed by atoms with Crippen LogP contribution in [0.15, 0.2) is 24.3 Å². The predicted octanol–water partition coefficient (Wildman–Crippen LogP) is 1.23. The van der Waals surface area contributed by atoms with E-state index in [1.165, 1.54) is 19.2 Å². The zero-order valence-electron chi connectivity index (χ0n) is 21.4. The van der Waals surface area contributed by atoms with E-state index in [-0.39, 0.29) is 29.5 Å². The number of benzene rings is 1. The first kappa shape index (κ1) is 27.3. The van der Waals surface area contributed by atoms with Crippen LogP contribution in [0, 0.1) is 11.8 Å². The maximum absolute atomic E-state index is 13.5. The summed E-state index contributed by atoms with van der Waals surface area (Å²) in [7, 11) is 1.38. The Morgan fingerprint density at radius 1 is 1.08 bits per heavy atom. The monoisotopic (exact) mass is 517 g/mol. The van der Waals surface area contributed by atoms with Gasteiger partial charge in [-0.25, -0.2) is 9.59 Å². The molecule has 11 heteroatoms. The lowest BCUT2D eigenvalue weighted by Crippen LogP contribution is -2.53. The van der Waals surface area contributed by atoms with Crippen LogP contribution >= 0.6 is 0 Å². The molecule has 37 heavy (non-hydrogen) atoms. The molecule has 1 unspecified atom stereocenters. The van der Waals surface area contributed by atoms with Gasteiger partial charge in [-0.2, -0.15) is 0 Å². The Kier molecular flexibility index (Phi) is 9.01. The van der Waals surface area contributed by atoms with Crippen molar-refractivity contribution in [1.29, 1.82) is 0 Å². The van der Waals surface area contributed by atoms with E-state index in [9.17, 15) is 19.5 Å². The number of carboxylic acids is 1. The largest absolute Gasteiger partial charge is 0.478 e. The summed E-state index contributed by atoms with van der Waals surface area (Å²) in [6, 6.07) is 5.62. The Labute approximate surface area is 217 Å². The number of ether oxygens (including phenoxy) is 1. The van der Waals surface area contributed by atoms with Crippen LogP contribution < -0.4 is 11.1 Å². The molecule has 3 atom stereocenters. The fraction of sp³-hybridized carbons (Fsp3) is 0.654. The number of hydrogen-bond acceptors (Lipinski definition) is 8. The molecule has 2 amide bonds. The molecule has 0 spiro atoms. The minimum atomic E-state index is -1.03. The molecule has 204 valence electrons. The number of hydrogen-bond donors (Lipinski definition) is 4. The third kappa shape index (κ3) is 6.40. The van der Waals surface area contributed by atoms with E-state index in [0.717, 1.165) is 25.7 Å². The molecule has 0 bridgehead atoms. The van der Waals surface area contributed by atoms with E-state index >= 15 is 0 Å². The topological polar surface area (TPSA) is 149 Å². The summed E-state index contributed by atoms with van der Waals surface area (Å²) in [6.45, 7) is 3.69. The number of amides is 2. The number of carbonyl (C=O) groups excluding carboxylic acids is 2. The van der Waals surface area contributed by atoms with E-state index in [1.54, 1.807) is 17.0 Å². The van der Waals surface area contributed by atoms with Gasteiger partial charge in [0.15, 0.2) is 0 Å². The number of anilines is 1. The predicted molar refractivity (Wildman–Crippen MR) is 137 cm³/mol. The summed E-state index contributed by atoms with van der Waals surface area (Å²) < 4.78 is 4.84. The standard InChI is InChI=1S/C26H39N5O6/c1-37-26(36)30-12-10-29(11-13-30)21-14-22(23(32)28-20-8-6-19(7-9-20)25(34)35)31(16-21)24(33)18-4-2-17(15-27)3-5-18/h6-9,17-18,21-22,24,33H,2-5,10-16,27H2,1H3,(H,28,32)(H,34,35)/t17?,18?,21-,22-,24?/m0/s1. The molecule has 5 N–H and O–H groups in total. The van der Waals surface area contributed by atoms with Crippen molar-refractivity contribution < 1.29 is 29.3 Å². The quantitative estimate of drug-likeness (QED) is 0.419. The summed E-state index contributed by atoms with van der Waals surface area (Å²) in [5, 5.41) is 23.5. The molecule has 1 aromatic carbocycles. The first-order chi connectivity index (χ1) is 17.8. The Hall–Kier alpha value is -2.73. The molecule has 1 aliphatic carbocycles. The number of nitrogens with two attached hydrogens (primary N) is 1. The first-order valence-electron chi connectivity index (χ1n) is 13.2. The number of nitrogens with one attached hydrogen (secondary N) is 1. The number of likely N-dealkylation sites (tertiary alicyclic amines) is 1. The number of rotatable bonds is 7. The lowest BCUT2D eigenvalue weighted by Gasteiger charge is -2.39. The maximum Gasteiger partial charge on any atom is 0.409 e. The van der Waals surface area contributed by atoms with Gasteiger partial charge in [0.25, 0.3) is 0 Å². The van der Waals surface area contributed by atoms with E-state index in [1.807, 2.05) is 4.90 Å². The van der Waals surface area contributed by atoms with Gasteiger partial charge in [0, 0.05) is 44.5 Å². The number of aromatic carboxylic acids is 1. The van der Waals surface area contributed by atoms with Crippen LogP contribution in [0.4, 0.5) is 10.5 Å². The van der Waals surface area contributed by atoms with Gasteiger partial charge in [0.1, 0.15) is 6.23 Å². The van der Waals surface area contributed by atoms with Crippen molar-refractivity contribution >= 4 is 23.7 Å². The zero-order valence-corrected chi connectivity index (χ0v) is 21.4. The number of piperazine rings is 1. The molecule has 1 aromatic rings. The highest BCUT2D eigenvalue weighted by Crippen LogP contribution is 2.35. The number of aliphatic hydroxyl groups excluding tert-OH is 1.